The molecule has 1 unspecified atom stereocenters. The second-order valence-electron chi connectivity index (χ2n) is 4.46. The molecule has 0 aliphatic carbocycles. The average molecular weight is 295 g/mol. The van der Waals surface area contributed by atoms with Gasteiger partial charge < -0.3 is 19.9 Å². The molecular weight excluding hydrogens is 274 g/mol. The van der Waals surface area contributed by atoms with Gasteiger partial charge in [0.25, 0.3) is 5.91 Å². The highest BCUT2D eigenvalue weighted by Gasteiger charge is 2.20. The Kier molecular flexibility index (Phi) is 7.25. The van der Waals surface area contributed by atoms with Gasteiger partial charge in [-0.05, 0) is 44.0 Å². The van der Waals surface area contributed by atoms with Crippen molar-refractivity contribution in [2.45, 2.75) is 25.8 Å². The third kappa shape index (κ3) is 5.83. The summed E-state index contributed by atoms with van der Waals surface area (Å²) >= 11 is 0. The van der Waals surface area contributed by atoms with Gasteiger partial charge in [0, 0.05) is 19.3 Å². The summed E-state index contributed by atoms with van der Waals surface area (Å²) in [5, 5.41) is 11.6. The van der Waals surface area contributed by atoms with Crippen LogP contribution in [0.15, 0.2) is 24.3 Å². The molecule has 0 bridgehead atoms. The molecule has 1 aromatic carbocycles. The maximum absolute atomic E-state index is 12.0. The lowest BCUT2D eigenvalue weighted by molar-refractivity contribution is -0.139. The fraction of sp³-hybridized carbons (Fsp3) is 0.467. The van der Waals surface area contributed by atoms with Crippen molar-refractivity contribution in [1.29, 1.82) is 0 Å². The molecule has 0 aliphatic heterocycles. The van der Waals surface area contributed by atoms with Crippen LogP contribution in [0.2, 0.25) is 0 Å². The predicted octanol–water partition coefficient (Wildman–Crippen LogP) is 1.69. The van der Waals surface area contributed by atoms with Crippen LogP contribution in [0.4, 0.5) is 0 Å². The summed E-state index contributed by atoms with van der Waals surface area (Å²) in [6, 6.07) is 5.65. The number of ether oxygens (including phenoxy) is 2. The zero-order valence-corrected chi connectivity index (χ0v) is 12.3. The van der Waals surface area contributed by atoms with Crippen LogP contribution in [0.5, 0.6) is 5.75 Å². The fourth-order valence-corrected chi connectivity index (χ4v) is 1.80. The molecule has 0 heterocycles. The number of nitrogens with one attached hydrogen (secondary N) is 1. The van der Waals surface area contributed by atoms with Crippen LogP contribution < -0.4 is 10.1 Å². The Labute approximate surface area is 124 Å². The van der Waals surface area contributed by atoms with E-state index >= 15 is 0 Å². The van der Waals surface area contributed by atoms with Crippen LogP contribution >= 0.6 is 0 Å². The summed E-state index contributed by atoms with van der Waals surface area (Å²) in [5.74, 6) is -0.794. The highest BCUT2D eigenvalue weighted by Crippen LogP contribution is 2.12. The Morgan fingerprint density at radius 3 is 2.48 bits per heavy atom. The highest BCUT2D eigenvalue weighted by molar-refractivity contribution is 5.96. The van der Waals surface area contributed by atoms with E-state index < -0.39 is 17.9 Å². The van der Waals surface area contributed by atoms with Gasteiger partial charge in [-0.15, -0.1) is 0 Å². The minimum absolute atomic E-state index is 0.325. The number of hydrogen-bond donors (Lipinski definition) is 2. The van der Waals surface area contributed by atoms with Gasteiger partial charge >= 0.3 is 5.97 Å². The second kappa shape index (κ2) is 8.97. The van der Waals surface area contributed by atoms with E-state index in [1.165, 1.54) is 0 Å². The monoisotopic (exact) mass is 295 g/mol. The molecule has 6 heteroatoms. The molecular formula is C15H21NO5. The summed E-state index contributed by atoms with van der Waals surface area (Å²) in [5.41, 5.74) is 0.399. The van der Waals surface area contributed by atoms with Gasteiger partial charge in [-0.2, -0.15) is 0 Å². The van der Waals surface area contributed by atoms with Crippen molar-refractivity contribution in [1.82, 2.24) is 5.32 Å². The van der Waals surface area contributed by atoms with Gasteiger partial charge in [0.2, 0.25) is 0 Å². The molecule has 0 saturated heterocycles. The Balaban J connectivity index is 2.61. The first kappa shape index (κ1) is 17.0. The zero-order valence-electron chi connectivity index (χ0n) is 12.3. The van der Waals surface area contributed by atoms with Crippen LogP contribution in [0, 0.1) is 0 Å². The molecule has 2 N–H and O–H groups in total. The largest absolute Gasteiger partial charge is 0.494 e. The number of carboxylic acids is 1. The van der Waals surface area contributed by atoms with E-state index in [9.17, 15) is 9.59 Å². The standard InChI is InChI=1S/C15H21NO5/c1-3-21-12-8-6-11(7-9-12)14(17)16-13(15(18)19)5-4-10-20-2/h6-9,13H,3-5,10H2,1-2H3,(H,16,17)(H,18,19). The zero-order chi connectivity index (χ0) is 15.7. The molecule has 21 heavy (non-hydrogen) atoms. The van der Waals surface area contributed by atoms with Crippen LogP contribution in [0.25, 0.3) is 0 Å². The van der Waals surface area contributed by atoms with Crippen molar-refractivity contribution in [2.75, 3.05) is 20.3 Å². The Morgan fingerprint density at radius 2 is 1.95 bits per heavy atom. The van der Waals surface area contributed by atoms with Crippen molar-refractivity contribution in [3.8, 4) is 5.75 Å². The number of carbonyl (C=O) groups excluding carboxylic acids is 1. The summed E-state index contributed by atoms with van der Waals surface area (Å²) in [4.78, 5) is 23.1. The number of amides is 1. The van der Waals surface area contributed by atoms with Crippen molar-refractivity contribution in [3.05, 3.63) is 29.8 Å². The Hall–Kier alpha value is -2.08. The summed E-state index contributed by atoms with van der Waals surface area (Å²) in [7, 11) is 1.55. The molecule has 1 rings (SSSR count). The molecule has 6 nitrogen and oxygen atoms in total. The van der Waals surface area contributed by atoms with Crippen LogP contribution in [-0.4, -0.2) is 43.3 Å². The molecule has 1 amide bonds. The van der Waals surface area contributed by atoms with Crippen molar-refractivity contribution >= 4 is 11.9 Å². The quantitative estimate of drug-likeness (QED) is 0.677. The van der Waals surface area contributed by atoms with E-state index in [1.54, 1.807) is 31.4 Å². The number of hydrogen-bond acceptors (Lipinski definition) is 4. The number of carboxylic acid groups (broad SMARTS) is 1. The lowest BCUT2D eigenvalue weighted by atomic mass is 10.1. The van der Waals surface area contributed by atoms with E-state index in [2.05, 4.69) is 5.32 Å². The van der Waals surface area contributed by atoms with E-state index in [1.807, 2.05) is 6.92 Å². The van der Waals surface area contributed by atoms with Crippen LogP contribution in [-0.2, 0) is 9.53 Å². The number of benzene rings is 1. The predicted molar refractivity (Wildman–Crippen MR) is 77.6 cm³/mol. The van der Waals surface area contributed by atoms with E-state index in [0.717, 1.165) is 0 Å². The molecule has 0 aliphatic rings. The van der Waals surface area contributed by atoms with Gasteiger partial charge in [-0.25, -0.2) is 4.79 Å². The van der Waals surface area contributed by atoms with Crippen LogP contribution in [0.1, 0.15) is 30.1 Å². The lowest BCUT2D eigenvalue weighted by Crippen LogP contribution is -2.40. The Bertz CT molecular complexity index is 458. The number of carbonyl (C=O) groups is 2. The third-order valence-corrected chi connectivity index (χ3v) is 2.87. The summed E-state index contributed by atoms with van der Waals surface area (Å²) in [6.07, 6.45) is 0.892. The fourth-order valence-electron chi connectivity index (χ4n) is 1.80. The molecule has 1 atom stereocenters. The minimum Gasteiger partial charge on any atom is -0.494 e. The maximum atomic E-state index is 12.0. The molecule has 0 spiro atoms. The smallest absolute Gasteiger partial charge is 0.326 e. The van der Waals surface area contributed by atoms with Gasteiger partial charge in [-0.1, -0.05) is 0 Å². The molecule has 116 valence electrons. The average Bonchev–Trinajstić information content (AvgIpc) is 2.47. The van der Waals surface area contributed by atoms with Gasteiger partial charge in [-0.3, -0.25) is 4.79 Å². The van der Waals surface area contributed by atoms with Gasteiger partial charge in [0.05, 0.1) is 6.61 Å². The normalized spacial score (nSPS) is 11.7. The van der Waals surface area contributed by atoms with Crippen molar-refractivity contribution < 1.29 is 24.2 Å². The minimum atomic E-state index is -1.05. The number of aliphatic carboxylic acids is 1. The molecule has 0 saturated carbocycles. The van der Waals surface area contributed by atoms with Crippen molar-refractivity contribution in [2.24, 2.45) is 0 Å². The molecule has 1 aromatic rings. The summed E-state index contributed by atoms with van der Waals surface area (Å²) < 4.78 is 10.2. The van der Waals surface area contributed by atoms with Gasteiger partial charge in [0.1, 0.15) is 11.8 Å². The first-order valence-corrected chi connectivity index (χ1v) is 6.84. The topological polar surface area (TPSA) is 84.9 Å². The van der Waals surface area contributed by atoms with E-state index in [-0.39, 0.29) is 0 Å². The van der Waals surface area contributed by atoms with Crippen LogP contribution in [0.3, 0.4) is 0 Å². The van der Waals surface area contributed by atoms with E-state index in [4.69, 9.17) is 14.6 Å². The lowest BCUT2D eigenvalue weighted by Gasteiger charge is -2.14. The van der Waals surface area contributed by atoms with Crippen molar-refractivity contribution in [3.63, 3.8) is 0 Å². The molecule has 0 fully saturated rings. The summed E-state index contributed by atoms with van der Waals surface area (Å²) in [6.45, 7) is 2.88. The number of methoxy groups -OCH3 is 1. The van der Waals surface area contributed by atoms with Gasteiger partial charge in [0.15, 0.2) is 0 Å². The highest BCUT2D eigenvalue weighted by atomic mass is 16.5. The SMILES string of the molecule is CCOc1ccc(C(=O)NC(CCCOC)C(=O)O)cc1. The molecule has 0 aromatic heterocycles. The first-order chi connectivity index (χ1) is 10.1. The Morgan fingerprint density at radius 1 is 1.29 bits per heavy atom. The first-order valence-electron chi connectivity index (χ1n) is 6.84. The second-order valence-corrected chi connectivity index (χ2v) is 4.46. The maximum Gasteiger partial charge on any atom is 0.326 e. The number of rotatable bonds is 9. The third-order valence-electron chi connectivity index (χ3n) is 2.87. The van der Waals surface area contributed by atoms with E-state index in [0.29, 0.717) is 37.4 Å². The molecule has 0 radical (unpaired) electrons.